The summed E-state index contributed by atoms with van der Waals surface area (Å²) in [5.74, 6) is 1.33. The van der Waals surface area contributed by atoms with E-state index < -0.39 is 0 Å². The third kappa shape index (κ3) is 4.82. The van der Waals surface area contributed by atoms with E-state index >= 15 is 0 Å². The number of aryl methyl sites for hydroxylation is 1. The summed E-state index contributed by atoms with van der Waals surface area (Å²) < 4.78 is 14.4. The van der Waals surface area contributed by atoms with Crippen LogP contribution in [-0.2, 0) is 20.1 Å². The van der Waals surface area contributed by atoms with E-state index in [0.717, 1.165) is 39.4 Å². The minimum absolute atomic E-state index is 0.0117. The van der Waals surface area contributed by atoms with Crippen LogP contribution in [-0.4, -0.2) is 60.7 Å². The maximum Gasteiger partial charge on any atom is 0.124 e. The zero-order valence-electron chi connectivity index (χ0n) is 20.2. The van der Waals surface area contributed by atoms with Gasteiger partial charge in [-0.2, -0.15) is 5.10 Å². The van der Waals surface area contributed by atoms with Gasteiger partial charge in [-0.1, -0.05) is 5.21 Å². The summed E-state index contributed by atoms with van der Waals surface area (Å²) in [5.41, 5.74) is 5.63. The molecule has 0 aliphatic rings. The third-order valence-electron chi connectivity index (χ3n) is 5.72. The molecule has 0 aliphatic carbocycles. The van der Waals surface area contributed by atoms with E-state index in [1.807, 2.05) is 55.8 Å². The number of aliphatic hydroxyl groups is 1. The van der Waals surface area contributed by atoms with Crippen molar-refractivity contribution in [2.75, 3.05) is 25.7 Å². The van der Waals surface area contributed by atoms with Gasteiger partial charge in [0, 0.05) is 48.4 Å². The number of nitrogens with zero attached hydrogens (tertiary/aromatic N) is 8. The van der Waals surface area contributed by atoms with E-state index in [0.29, 0.717) is 24.6 Å². The van der Waals surface area contributed by atoms with Gasteiger partial charge >= 0.3 is 0 Å². The number of benzene rings is 2. The number of ether oxygens (including phenoxy) is 2. The van der Waals surface area contributed by atoms with E-state index in [1.54, 1.807) is 36.0 Å². The van der Waals surface area contributed by atoms with Gasteiger partial charge in [0.15, 0.2) is 0 Å². The van der Waals surface area contributed by atoms with Crippen LogP contribution in [0.5, 0.6) is 11.5 Å². The first-order valence-corrected chi connectivity index (χ1v) is 11.3. The number of anilines is 2. The maximum atomic E-state index is 9.24. The van der Waals surface area contributed by atoms with Crippen molar-refractivity contribution in [3.8, 4) is 22.8 Å². The Labute approximate surface area is 207 Å². The van der Waals surface area contributed by atoms with Crippen molar-refractivity contribution >= 4 is 22.4 Å². The topological polar surface area (TPSA) is 116 Å². The minimum atomic E-state index is -0.0117. The van der Waals surface area contributed by atoms with Crippen molar-refractivity contribution in [1.82, 2.24) is 34.7 Å². The molecule has 3 heterocycles. The molecule has 0 bridgehead atoms. The molecule has 2 aromatic carbocycles. The summed E-state index contributed by atoms with van der Waals surface area (Å²) >= 11 is 0. The second-order valence-corrected chi connectivity index (χ2v) is 8.18. The van der Waals surface area contributed by atoms with Crippen molar-refractivity contribution in [3.63, 3.8) is 0 Å². The van der Waals surface area contributed by atoms with Crippen LogP contribution in [0.4, 0.5) is 11.4 Å². The van der Waals surface area contributed by atoms with Gasteiger partial charge in [-0.25, -0.2) is 9.67 Å². The molecule has 3 aromatic heterocycles. The van der Waals surface area contributed by atoms with Gasteiger partial charge in [0.05, 0.1) is 69.2 Å². The van der Waals surface area contributed by atoms with Crippen molar-refractivity contribution in [2.24, 2.45) is 7.05 Å². The molecule has 0 amide bonds. The summed E-state index contributed by atoms with van der Waals surface area (Å²) in [7, 11) is 5.11. The summed E-state index contributed by atoms with van der Waals surface area (Å²) in [6.07, 6.45) is 7.25. The average molecular weight is 487 g/mol. The van der Waals surface area contributed by atoms with Crippen LogP contribution in [0, 0.1) is 0 Å². The molecule has 0 aliphatic heterocycles. The number of fused-ring (bicyclic) bond motifs is 1. The molecule has 184 valence electrons. The van der Waals surface area contributed by atoms with E-state index in [4.69, 9.17) is 14.5 Å². The highest BCUT2D eigenvalue weighted by molar-refractivity contribution is 5.82. The van der Waals surface area contributed by atoms with Gasteiger partial charge in [0.25, 0.3) is 0 Å². The summed E-state index contributed by atoms with van der Waals surface area (Å²) in [5, 5.41) is 21.9. The van der Waals surface area contributed by atoms with Crippen LogP contribution in [0.3, 0.4) is 0 Å². The highest BCUT2D eigenvalue weighted by Gasteiger charge is 2.17. The lowest BCUT2D eigenvalue weighted by Crippen LogP contribution is -2.17. The highest BCUT2D eigenvalue weighted by atomic mass is 16.5. The van der Waals surface area contributed by atoms with Crippen LogP contribution in [0.15, 0.2) is 61.2 Å². The summed E-state index contributed by atoms with van der Waals surface area (Å²) in [4.78, 5) is 11.5. The Morgan fingerprint density at radius 3 is 2.44 bits per heavy atom. The van der Waals surface area contributed by atoms with Gasteiger partial charge in [-0.15, -0.1) is 5.10 Å². The van der Waals surface area contributed by atoms with Gasteiger partial charge < -0.3 is 19.5 Å². The monoisotopic (exact) mass is 486 g/mol. The zero-order valence-corrected chi connectivity index (χ0v) is 20.2. The number of methoxy groups -OCH3 is 2. The quantitative estimate of drug-likeness (QED) is 0.336. The Bertz CT molecular complexity index is 1470. The third-order valence-corrected chi connectivity index (χ3v) is 5.72. The molecule has 11 heteroatoms. The van der Waals surface area contributed by atoms with Gasteiger partial charge in [0.1, 0.15) is 17.2 Å². The number of hydrogen-bond donors (Lipinski definition) is 1. The predicted octanol–water partition coefficient (Wildman–Crippen LogP) is 2.97. The normalized spacial score (nSPS) is 11.1. The lowest BCUT2D eigenvalue weighted by Gasteiger charge is -2.25. The molecule has 5 rings (SSSR count). The van der Waals surface area contributed by atoms with Crippen LogP contribution in [0.2, 0.25) is 0 Å². The molecule has 0 atom stereocenters. The largest absolute Gasteiger partial charge is 0.497 e. The number of aromatic nitrogens is 7. The summed E-state index contributed by atoms with van der Waals surface area (Å²) in [6, 6.07) is 11.6. The highest BCUT2D eigenvalue weighted by Crippen LogP contribution is 2.35. The average Bonchev–Trinajstić information content (AvgIpc) is 3.55. The van der Waals surface area contributed by atoms with E-state index in [9.17, 15) is 5.11 Å². The van der Waals surface area contributed by atoms with E-state index in [1.165, 1.54) is 0 Å². The Morgan fingerprint density at radius 1 is 0.944 bits per heavy atom. The smallest absolute Gasteiger partial charge is 0.124 e. The van der Waals surface area contributed by atoms with E-state index in [2.05, 4.69) is 25.3 Å². The fourth-order valence-electron chi connectivity index (χ4n) is 3.92. The van der Waals surface area contributed by atoms with Gasteiger partial charge in [-0.3, -0.25) is 9.67 Å². The molecule has 0 saturated carbocycles. The molecule has 0 fully saturated rings. The van der Waals surface area contributed by atoms with Crippen LogP contribution in [0.25, 0.3) is 22.3 Å². The second-order valence-electron chi connectivity index (χ2n) is 8.18. The van der Waals surface area contributed by atoms with Crippen molar-refractivity contribution in [3.05, 3.63) is 66.9 Å². The lowest BCUT2D eigenvalue weighted by atomic mass is 10.2. The first kappa shape index (κ1) is 23.2. The molecule has 0 radical (unpaired) electrons. The van der Waals surface area contributed by atoms with Gasteiger partial charge in [-0.05, 0) is 18.2 Å². The Morgan fingerprint density at radius 2 is 1.75 bits per heavy atom. The number of hydrogen-bond acceptors (Lipinski definition) is 9. The fourth-order valence-corrected chi connectivity index (χ4v) is 3.92. The lowest BCUT2D eigenvalue weighted by molar-refractivity contribution is 0.268. The van der Waals surface area contributed by atoms with E-state index in [-0.39, 0.29) is 6.61 Å². The fraction of sp³-hybridized carbons (Fsp3) is 0.240. The molecule has 0 unspecified atom stereocenters. The molecule has 0 saturated heterocycles. The van der Waals surface area contributed by atoms with Crippen LogP contribution < -0.4 is 14.4 Å². The Hall–Kier alpha value is -4.51. The van der Waals surface area contributed by atoms with Crippen molar-refractivity contribution < 1.29 is 14.6 Å². The van der Waals surface area contributed by atoms with Gasteiger partial charge in [0.2, 0.25) is 0 Å². The van der Waals surface area contributed by atoms with Crippen LogP contribution in [0.1, 0.15) is 5.69 Å². The van der Waals surface area contributed by atoms with Crippen molar-refractivity contribution in [1.29, 1.82) is 0 Å². The standard InChI is InChI=1S/C25H26N8O3/c1-31-14-17(12-27-31)25-13-26-23-5-4-19(10-24(23)28-25)33(16-18-15-32(6-7-34)30-29-18)20-8-21(35-2)11-22(9-20)36-3/h4-5,8-15,34H,6-7,16H2,1-3H3. The Balaban J connectivity index is 1.59. The first-order chi connectivity index (χ1) is 17.6. The molecule has 1 N–H and O–H groups in total. The van der Waals surface area contributed by atoms with Crippen molar-refractivity contribution in [2.45, 2.75) is 13.1 Å². The zero-order chi connectivity index (χ0) is 25.1. The number of aliphatic hydroxyl groups excluding tert-OH is 1. The minimum Gasteiger partial charge on any atom is -0.497 e. The molecule has 11 nitrogen and oxygen atoms in total. The molecule has 0 spiro atoms. The molecule has 36 heavy (non-hydrogen) atoms. The predicted molar refractivity (Wildman–Crippen MR) is 134 cm³/mol. The second kappa shape index (κ2) is 10.0. The van der Waals surface area contributed by atoms with Crippen LogP contribution >= 0.6 is 0 Å². The molecular formula is C25H26N8O3. The maximum absolute atomic E-state index is 9.24. The molecule has 5 aromatic rings. The first-order valence-electron chi connectivity index (χ1n) is 11.3. The number of rotatable bonds is 9. The SMILES string of the molecule is COc1cc(OC)cc(N(Cc2cn(CCO)nn2)c2ccc3ncc(-c4cnn(C)c4)nc3c2)c1. The summed E-state index contributed by atoms with van der Waals surface area (Å²) in [6.45, 7) is 0.786. The molecular weight excluding hydrogens is 460 g/mol. The Kier molecular flexibility index (Phi) is 6.46.